The number of morpholine rings is 2. The van der Waals surface area contributed by atoms with Gasteiger partial charge in [-0.05, 0) is 203 Å². The maximum Gasteiger partial charge on any atom is 0.162 e. The lowest BCUT2D eigenvalue weighted by atomic mass is 9.69. The van der Waals surface area contributed by atoms with Crippen LogP contribution in [0, 0.1) is 28.3 Å². The van der Waals surface area contributed by atoms with E-state index >= 15 is 0 Å². The number of benzene rings is 4. The van der Waals surface area contributed by atoms with Gasteiger partial charge in [0.1, 0.15) is 17.3 Å². The van der Waals surface area contributed by atoms with Crippen molar-refractivity contribution in [3.63, 3.8) is 0 Å². The molecule has 10 rings (SSSR count). The molecule has 0 bridgehead atoms. The molecular weight excluding hydrogens is 1060 g/mol. The fraction of sp³-hybridized carbons (Fsp3) is 0.545. The van der Waals surface area contributed by atoms with Gasteiger partial charge in [-0.2, -0.15) is 0 Å². The van der Waals surface area contributed by atoms with Gasteiger partial charge in [-0.3, -0.25) is 19.8 Å². The number of aryl methyl sites for hydroxylation is 2. The summed E-state index contributed by atoms with van der Waals surface area (Å²) in [6, 6.07) is 23.6. The van der Waals surface area contributed by atoms with E-state index in [1.54, 1.807) is 14.2 Å². The fourth-order valence-corrected chi connectivity index (χ4v) is 13.3. The molecule has 6 heterocycles. The molecule has 83 heavy (non-hydrogen) atoms. The lowest BCUT2D eigenvalue weighted by Crippen LogP contribution is -2.44. The van der Waals surface area contributed by atoms with Crippen LogP contribution in [0.5, 0.6) is 11.5 Å². The Hall–Kier alpha value is -5.31. The third kappa shape index (κ3) is 16.2. The maximum atomic E-state index is 14.2. The van der Waals surface area contributed by atoms with Crippen molar-refractivity contribution >= 4 is 21.8 Å². The monoisotopic (exact) mass is 1150 g/mol. The lowest BCUT2D eigenvalue weighted by molar-refractivity contribution is -0.0211. The summed E-state index contributed by atoms with van der Waals surface area (Å²) in [4.78, 5) is 14.1. The Morgan fingerprint density at radius 2 is 1.02 bits per heavy atom. The highest BCUT2D eigenvalue weighted by Gasteiger charge is 2.41. The number of methoxy groups -OCH3 is 2. The summed E-state index contributed by atoms with van der Waals surface area (Å²) in [5, 5.41) is 55.3. The Kier molecular flexibility index (Phi) is 22.6. The van der Waals surface area contributed by atoms with Gasteiger partial charge in [0.25, 0.3) is 0 Å². The van der Waals surface area contributed by atoms with E-state index < -0.39 is 41.2 Å². The number of hydrogen-bond acceptors (Lipinski definition) is 14. The Morgan fingerprint density at radius 1 is 0.566 bits per heavy atom. The molecule has 0 unspecified atom stereocenters. The number of ether oxygens (including phenoxy) is 4. The molecule has 450 valence electrons. The first-order valence-corrected chi connectivity index (χ1v) is 30.2. The maximum absolute atomic E-state index is 14.2. The van der Waals surface area contributed by atoms with Crippen LogP contribution in [0.1, 0.15) is 123 Å². The number of aliphatic hydroxyl groups is 4. The van der Waals surface area contributed by atoms with Crippen LogP contribution in [0.4, 0.5) is 13.2 Å². The molecule has 4 aliphatic rings. The van der Waals surface area contributed by atoms with Gasteiger partial charge in [-0.15, -0.1) is 0 Å². The van der Waals surface area contributed by atoms with Crippen LogP contribution in [0.3, 0.4) is 0 Å². The number of hydrogen-bond donors (Lipinski definition) is 6. The van der Waals surface area contributed by atoms with Crippen LogP contribution in [0.2, 0.25) is 0 Å². The molecule has 6 aromatic rings. The highest BCUT2D eigenvalue weighted by molar-refractivity contribution is 5.86. The molecule has 17 heteroatoms. The first-order valence-electron chi connectivity index (χ1n) is 30.2. The van der Waals surface area contributed by atoms with Gasteiger partial charge in [0.2, 0.25) is 0 Å². The van der Waals surface area contributed by atoms with Gasteiger partial charge in [-0.1, -0.05) is 30.3 Å². The van der Waals surface area contributed by atoms with E-state index in [1.165, 1.54) is 5.56 Å². The number of aliphatic hydroxyl groups excluding tert-OH is 4. The molecule has 2 aromatic heterocycles. The molecule has 14 nitrogen and oxygen atoms in total. The average Bonchev–Trinajstić information content (AvgIpc) is 3.72. The molecule has 4 aromatic carbocycles. The van der Waals surface area contributed by atoms with Crippen molar-refractivity contribution in [3.05, 3.63) is 142 Å². The second kappa shape index (κ2) is 30.2. The van der Waals surface area contributed by atoms with Crippen molar-refractivity contribution in [1.82, 2.24) is 30.4 Å². The third-order valence-electron chi connectivity index (χ3n) is 18.3. The number of nitrogens with zero attached hydrogens (tertiary/aromatic N) is 4. The van der Waals surface area contributed by atoms with E-state index in [-0.39, 0.29) is 23.5 Å². The number of halogens is 3. The number of piperidine rings is 2. The smallest absolute Gasteiger partial charge is 0.162 e. The zero-order chi connectivity index (χ0) is 58.2. The second-order valence-electron chi connectivity index (χ2n) is 23.4. The molecule has 4 atom stereocenters. The Labute approximate surface area is 487 Å². The van der Waals surface area contributed by atoms with Crippen LogP contribution in [-0.2, 0) is 35.4 Å². The number of pyridine rings is 2. The van der Waals surface area contributed by atoms with Crippen LogP contribution in [0.25, 0.3) is 21.8 Å². The minimum absolute atomic E-state index is 0.0210. The van der Waals surface area contributed by atoms with E-state index in [0.717, 1.165) is 179 Å². The molecule has 0 radical (unpaired) electrons. The molecule has 4 fully saturated rings. The average molecular weight is 1150 g/mol. The largest absolute Gasteiger partial charge is 0.497 e. The normalized spacial score (nSPS) is 19.1. The SMILES string of the molecule is COc1ccc2ncc(CN3CCOCC3)c([C@H](O)CCC3([C@@H](O)CCCc4cc(F)cc(F)c4F)CCNCC3)c2c1.COc1ccc2ncc(CN3CCOCC3)c([C@H](O)CCC3([C@@H](O)CCCc4ccccc4)CCNCC3)c2c1. The van der Waals surface area contributed by atoms with E-state index in [0.29, 0.717) is 63.7 Å². The van der Waals surface area contributed by atoms with Crippen molar-refractivity contribution in [3.8, 4) is 11.5 Å². The minimum atomic E-state index is -1.20. The Morgan fingerprint density at radius 3 is 1.48 bits per heavy atom. The van der Waals surface area contributed by atoms with Crippen molar-refractivity contribution in [2.24, 2.45) is 10.8 Å². The summed E-state index contributed by atoms with van der Waals surface area (Å²) in [6.07, 6.45) is 10.6. The second-order valence-corrected chi connectivity index (χ2v) is 23.4. The summed E-state index contributed by atoms with van der Waals surface area (Å²) >= 11 is 0. The Balaban J connectivity index is 0.000000200. The lowest BCUT2D eigenvalue weighted by Gasteiger charge is -2.42. The predicted molar refractivity (Wildman–Crippen MR) is 317 cm³/mol. The van der Waals surface area contributed by atoms with Gasteiger partial charge >= 0.3 is 0 Å². The van der Waals surface area contributed by atoms with E-state index in [9.17, 15) is 33.6 Å². The number of aromatic nitrogens is 2. The van der Waals surface area contributed by atoms with Gasteiger partial charge in [0.05, 0.1) is 76.1 Å². The topological polar surface area (TPSA) is 174 Å². The fourth-order valence-electron chi connectivity index (χ4n) is 13.3. The first kappa shape index (κ1) is 62.2. The molecule has 4 saturated heterocycles. The van der Waals surface area contributed by atoms with Crippen LogP contribution < -0.4 is 20.1 Å². The minimum Gasteiger partial charge on any atom is -0.497 e. The molecular formula is C66H87F3N6O8. The number of nitrogens with one attached hydrogen (secondary N) is 2. The van der Waals surface area contributed by atoms with Crippen LogP contribution in [-0.4, -0.2) is 145 Å². The molecule has 0 amide bonds. The molecule has 4 aliphatic heterocycles. The summed E-state index contributed by atoms with van der Waals surface area (Å²) in [5.74, 6) is -1.60. The van der Waals surface area contributed by atoms with E-state index in [2.05, 4.69) is 49.7 Å². The van der Waals surface area contributed by atoms with Crippen molar-refractivity contribution in [1.29, 1.82) is 0 Å². The number of rotatable bonds is 24. The summed E-state index contributed by atoms with van der Waals surface area (Å²) in [7, 11) is 3.28. The quantitative estimate of drug-likeness (QED) is 0.0316. The van der Waals surface area contributed by atoms with Gasteiger partial charge in [0.15, 0.2) is 11.6 Å². The zero-order valence-corrected chi connectivity index (χ0v) is 48.6. The highest BCUT2D eigenvalue weighted by atomic mass is 19.2. The van der Waals surface area contributed by atoms with Crippen LogP contribution >= 0.6 is 0 Å². The molecule has 0 saturated carbocycles. The van der Waals surface area contributed by atoms with Crippen LogP contribution in [0.15, 0.2) is 91.3 Å². The Bertz CT molecular complexity index is 2990. The standard InChI is InChI=1S/C33H42F3N3O4.C33H45N3O4/c1-42-25-5-6-28-26(19-25)31(23(20-38-28)21-39-13-15-43-16-14-39)29(40)7-8-33(9-11-37-12-10-33)30(41)4-2-3-22-17-24(34)18-27(35)32(22)36;1-39-27-10-11-29-28(22-27)32(26(23-35-29)24-36-18-20-40-21-19-36)30(37)12-13-33(14-16-34-17-15-33)31(38)9-5-8-25-6-3-2-4-7-25/h5-6,17-20,29-30,37,40-41H,2-4,7-16,21H2,1H3;2-4,6-7,10-11,22-23,30-31,34,37-38H,5,8-9,12-21,24H2,1H3/t29-,30+;30-,31+/m11/s1. The summed E-state index contributed by atoms with van der Waals surface area (Å²) < 4.78 is 63.6. The first-order chi connectivity index (χ1) is 40.4. The summed E-state index contributed by atoms with van der Waals surface area (Å²) in [6.45, 7) is 10.8. The highest BCUT2D eigenvalue weighted by Crippen LogP contribution is 2.45. The molecule has 0 aliphatic carbocycles. The molecule has 6 N–H and O–H groups in total. The third-order valence-corrected chi connectivity index (χ3v) is 18.3. The van der Waals surface area contributed by atoms with Crippen molar-refractivity contribution in [2.45, 2.75) is 127 Å². The van der Waals surface area contributed by atoms with Gasteiger partial charge in [0, 0.05) is 68.5 Å². The van der Waals surface area contributed by atoms with Crippen molar-refractivity contribution < 1.29 is 52.5 Å². The predicted octanol–water partition coefficient (Wildman–Crippen LogP) is 9.70. The zero-order valence-electron chi connectivity index (χ0n) is 48.6. The van der Waals surface area contributed by atoms with Gasteiger partial charge < -0.3 is 50.0 Å². The van der Waals surface area contributed by atoms with Gasteiger partial charge in [-0.25, -0.2) is 13.2 Å². The van der Waals surface area contributed by atoms with E-state index in [4.69, 9.17) is 23.9 Å². The van der Waals surface area contributed by atoms with E-state index in [1.807, 2.05) is 54.9 Å². The van der Waals surface area contributed by atoms with Crippen molar-refractivity contribution in [2.75, 3.05) is 93.0 Å². The summed E-state index contributed by atoms with van der Waals surface area (Å²) in [5.41, 5.74) is 6.09. The molecule has 0 spiro atoms. The number of fused-ring (bicyclic) bond motifs is 2.